The molecule has 2 amide bonds. The topological polar surface area (TPSA) is 53.3 Å². The Balaban J connectivity index is 1.66. The second-order valence-electron chi connectivity index (χ2n) is 7.63. The van der Waals surface area contributed by atoms with Crippen LogP contribution in [0.2, 0.25) is 0 Å². The van der Waals surface area contributed by atoms with E-state index in [9.17, 15) is 9.59 Å². The van der Waals surface area contributed by atoms with Crippen LogP contribution in [0, 0.1) is 0 Å². The Kier molecular flexibility index (Phi) is 4.02. The molecule has 0 atom stereocenters. The fraction of sp³-hybridized carbons (Fsp3) is 0.381. The molecule has 5 nitrogen and oxygen atoms in total. The molecule has 1 aliphatic carbocycles. The molecule has 134 valence electrons. The molecule has 5 heteroatoms. The van der Waals surface area contributed by atoms with E-state index in [0.717, 1.165) is 18.5 Å². The number of nitrogens with zero attached hydrogens (tertiary/aromatic N) is 2. The van der Waals surface area contributed by atoms with Crippen LogP contribution in [0.25, 0.3) is 0 Å². The van der Waals surface area contributed by atoms with Crippen LogP contribution < -0.4 is 14.8 Å². The van der Waals surface area contributed by atoms with Crippen LogP contribution in [0.4, 0.5) is 11.4 Å². The third-order valence-corrected chi connectivity index (χ3v) is 5.42. The van der Waals surface area contributed by atoms with Crippen molar-refractivity contribution >= 4 is 23.2 Å². The summed E-state index contributed by atoms with van der Waals surface area (Å²) in [5, 5.41) is 2.90. The molecular formula is C21H24N3O2+. The number of carbonyl (C=O) groups excluding carboxylic acids is 2. The first-order valence-corrected chi connectivity index (χ1v) is 9.21. The zero-order chi connectivity index (χ0) is 18.3. The number of aromatic nitrogens is 1. The van der Waals surface area contributed by atoms with E-state index in [4.69, 9.17) is 0 Å². The maximum absolute atomic E-state index is 13.2. The van der Waals surface area contributed by atoms with Crippen LogP contribution in [0.15, 0.2) is 42.7 Å². The number of amides is 2. The average Bonchev–Trinajstić information content (AvgIpc) is 2.62. The van der Waals surface area contributed by atoms with Crippen molar-refractivity contribution in [1.82, 2.24) is 0 Å². The summed E-state index contributed by atoms with van der Waals surface area (Å²) in [6.45, 7) is 3.79. The lowest BCUT2D eigenvalue weighted by atomic mass is 9.93. The Morgan fingerprint density at radius 2 is 1.88 bits per heavy atom. The molecule has 1 aromatic heterocycles. The monoisotopic (exact) mass is 350 g/mol. The Labute approximate surface area is 153 Å². The van der Waals surface area contributed by atoms with Crippen molar-refractivity contribution in [2.75, 3.05) is 10.2 Å². The molecule has 0 bridgehead atoms. The summed E-state index contributed by atoms with van der Waals surface area (Å²) in [5.41, 5.74) is 3.23. The number of hydrogen-bond acceptors (Lipinski definition) is 2. The minimum Gasteiger partial charge on any atom is -0.322 e. The van der Waals surface area contributed by atoms with Gasteiger partial charge in [-0.25, -0.2) is 0 Å². The van der Waals surface area contributed by atoms with E-state index < -0.39 is 5.54 Å². The number of anilines is 2. The standard InChI is InChI=1S/C21H23N3O2/c1-21(2)20(26)22-17-9-5-6-10-18(17)24(21)19(25)14-23-12-11-15-7-3-4-8-16(15)13-23/h5-6,9-13H,3-4,7-8,14H2,1-2H3/p+1. The van der Waals surface area contributed by atoms with E-state index >= 15 is 0 Å². The maximum Gasteiger partial charge on any atom is 0.293 e. The molecule has 2 aliphatic rings. The van der Waals surface area contributed by atoms with Crippen molar-refractivity contribution in [3.05, 3.63) is 53.9 Å². The fourth-order valence-electron chi connectivity index (χ4n) is 3.94. The van der Waals surface area contributed by atoms with Gasteiger partial charge in [-0.3, -0.25) is 14.5 Å². The number of para-hydroxylation sites is 2. The Hall–Kier alpha value is -2.69. The van der Waals surface area contributed by atoms with Crippen molar-refractivity contribution in [1.29, 1.82) is 0 Å². The molecule has 2 heterocycles. The predicted molar refractivity (Wildman–Crippen MR) is 99.9 cm³/mol. The highest BCUT2D eigenvalue weighted by atomic mass is 16.2. The minimum absolute atomic E-state index is 0.0851. The van der Waals surface area contributed by atoms with Crippen molar-refractivity contribution in [2.45, 2.75) is 51.6 Å². The number of nitrogens with one attached hydrogen (secondary N) is 1. The quantitative estimate of drug-likeness (QED) is 0.847. The average molecular weight is 350 g/mol. The third-order valence-electron chi connectivity index (χ3n) is 5.42. The number of rotatable bonds is 2. The second-order valence-corrected chi connectivity index (χ2v) is 7.63. The van der Waals surface area contributed by atoms with Crippen LogP contribution >= 0.6 is 0 Å². The molecule has 1 N–H and O–H groups in total. The first-order chi connectivity index (χ1) is 12.5. The Morgan fingerprint density at radius 1 is 1.15 bits per heavy atom. The molecular weight excluding hydrogens is 326 g/mol. The first kappa shape index (κ1) is 16.8. The minimum atomic E-state index is -0.930. The van der Waals surface area contributed by atoms with Crippen molar-refractivity contribution < 1.29 is 14.2 Å². The van der Waals surface area contributed by atoms with E-state index in [0.29, 0.717) is 5.69 Å². The normalized spacial score (nSPS) is 17.9. The van der Waals surface area contributed by atoms with Gasteiger partial charge >= 0.3 is 0 Å². The van der Waals surface area contributed by atoms with Crippen molar-refractivity contribution in [3.63, 3.8) is 0 Å². The second kappa shape index (κ2) is 6.24. The Morgan fingerprint density at radius 3 is 2.69 bits per heavy atom. The van der Waals surface area contributed by atoms with Crippen LogP contribution in [0.1, 0.15) is 37.8 Å². The van der Waals surface area contributed by atoms with E-state index in [2.05, 4.69) is 17.6 Å². The zero-order valence-corrected chi connectivity index (χ0v) is 15.3. The molecule has 0 saturated carbocycles. The highest BCUT2D eigenvalue weighted by Gasteiger charge is 2.44. The van der Waals surface area contributed by atoms with Gasteiger partial charge in [0.2, 0.25) is 12.5 Å². The van der Waals surface area contributed by atoms with E-state index in [-0.39, 0.29) is 18.4 Å². The largest absolute Gasteiger partial charge is 0.322 e. The molecule has 0 unspecified atom stereocenters. The molecule has 1 aromatic carbocycles. The van der Waals surface area contributed by atoms with Crippen LogP contribution in [0.3, 0.4) is 0 Å². The summed E-state index contributed by atoms with van der Waals surface area (Å²) < 4.78 is 1.94. The summed E-state index contributed by atoms with van der Waals surface area (Å²) in [5.74, 6) is -0.252. The summed E-state index contributed by atoms with van der Waals surface area (Å²) in [6, 6.07) is 9.58. The highest BCUT2D eigenvalue weighted by Crippen LogP contribution is 2.36. The van der Waals surface area contributed by atoms with Gasteiger partial charge in [0.15, 0.2) is 12.4 Å². The molecule has 0 saturated heterocycles. The van der Waals surface area contributed by atoms with E-state index in [1.165, 1.54) is 24.0 Å². The van der Waals surface area contributed by atoms with Gasteiger partial charge in [-0.05, 0) is 57.2 Å². The summed E-state index contributed by atoms with van der Waals surface area (Å²) in [4.78, 5) is 27.3. The van der Waals surface area contributed by atoms with Crippen LogP contribution in [-0.2, 0) is 29.0 Å². The highest BCUT2D eigenvalue weighted by molar-refractivity contribution is 6.13. The summed E-state index contributed by atoms with van der Waals surface area (Å²) in [7, 11) is 0. The smallest absolute Gasteiger partial charge is 0.293 e. The molecule has 0 radical (unpaired) electrons. The number of fused-ring (bicyclic) bond motifs is 2. The van der Waals surface area contributed by atoms with Crippen LogP contribution in [0.5, 0.6) is 0 Å². The van der Waals surface area contributed by atoms with Crippen LogP contribution in [-0.4, -0.2) is 17.4 Å². The maximum atomic E-state index is 13.2. The third kappa shape index (κ3) is 2.77. The lowest BCUT2D eigenvalue weighted by Crippen LogP contribution is -2.60. The molecule has 1 aliphatic heterocycles. The number of hydrogen-bond donors (Lipinski definition) is 1. The molecule has 2 aromatic rings. The fourth-order valence-corrected chi connectivity index (χ4v) is 3.94. The number of aryl methyl sites for hydroxylation is 2. The van der Waals surface area contributed by atoms with Gasteiger partial charge in [-0.1, -0.05) is 12.1 Å². The van der Waals surface area contributed by atoms with Gasteiger partial charge < -0.3 is 5.32 Å². The lowest BCUT2D eigenvalue weighted by Gasteiger charge is -2.41. The van der Waals surface area contributed by atoms with Gasteiger partial charge in [0.1, 0.15) is 5.54 Å². The molecule has 26 heavy (non-hydrogen) atoms. The zero-order valence-electron chi connectivity index (χ0n) is 15.3. The van der Waals surface area contributed by atoms with E-state index in [1.54, 1.807) is 18.7 Å². The summed E-state index contributed by atoms with van der Waals surface area (Å²) in [6.07, 6.45) is 8.71. The van der Waals surface area contributed by atoms with Gasteiger partial charge in [-0.15, -0.1) is 0 Å². The van der Waals surface area contributed by atoms with Crippen molar-refractivity contribution in [2.24, 2.45) is 0 Å². The molecule has 0 spiro atoms. The summed E-state index contributed by atoms with van der Waals surface area (Å²) >= 11 is 0. The number of pyridine rings is 1. The van der Waals surface area contributed by atoms with Crippen molar-refractivity contribution in [3.8, 4) is 0 Å². The molecule has 0 fully saturated rings. The van der Waals surface area contributed by atoms with Gasteiger partial charge in [-0.2, -0.15) is 4.57 Å². The number of benzene rings is 1. The Bertz CT molecular complexity index is 889. The predicted octanol–water partition coefficient (Wildman–Crippen LogP) is 2.62. The first-order valence-electron chi connectivity index (χ1n) is 9.21. The van der Waals surface area contributed by atoms with Gasteiger partial charge in [0.25, 0.3) is 5.91 Å². The van der Waals surface area contributed by atoms with Gasteiger partial charge in [0, 0.05) is 11.6 Å². The molecule has 4 rings (SSSR count). The lowest BCUT2D eigenvalue weighted by molar-refractivity contribution is -0.684. The van der Waals surface area contributed by atoms with E-state index in [1.807, 2.05) is 35.0 Å². The number of carbonyl (C=O) groups is 2. The van der Waals surface area contributed by atoms with Gasteiger partial charge in [0.05, 0.1) is 11.4 Å². The SMILES string of the molecule is CC1(C)C(=O)Nc2ccccc2N1C(=O)C[n+]1ccc2c(c1)CCCC2.